The third kappa shape index (κ3) is 44.5. The summed E-state index contributed by atoms with van der Waals surface area (Å²) in [4.78, 5) is 12.2. The van der Waals surface area contributed by atoms with Crippen molar-refractivity contribution in [3.63, 3.8) is 0 Å². The predicted octanol–water partition coefficient (Wildman–Crippen LogP) is 15.6. The van der Waals surface area contributed by atoms with Crippen LogP contribution in [0.2, 0.25) is 0 Å². The fourth-order valence-corrected chi connectivity index (χ4v) is 6.66. The highest BCUT2D eigenvalue weighted by molar-refractivity contribution is 5.69. The molecule has 1 N–H and O–H groups in total. The van der Waals surface area contributed by atoms with E-state index in [0.29, 0.717) is 13.0 Å². The minimum Gasteiger partial charge on any atom is -0.457 e. The van der Waals surface area contributed by atoms with Crippen molar-refractivity contribution in [1.82, 2.24) is 0 Å². The zero-order chi connectivity index (χ0) is 39.1. The first kappa shape index (κ1) is 52.1. The lowest BCUT2D eigenvalue weighted by Gasteiger charge is -2.15. The highest BCUT2D eigenvalue weighted by Gasteiger charge is 2.13. The Bertz CT molecular complexity index is 885. The Balaban J connectivity index is 3.44. The quantitative estimate of drug-likeness (QED) is 0.0383. The van der Waals surface area contributed by atoms with Crippen molar-refractivity contribution in [1.29, 1.82) is 0 Å². The van der Waals surface area contributed by atoms with Crippen LogP contribution in [-0.4, -0.2) is 37.0 Å². The number of aliphatic hydroxyl groups is 1. The fraction of sp³-hybridized carbons (Fsp3) is 0.780. The van der Waals surface area contributed by atoms with Crippen LogP contribution in [0, 0.1) is 0 Å². The lowest BCUT2D eigenvalue weighted by atomic mass is 10.0. The third-order valence-corrected chi connectivity index (χ3v) is 10.1. The molecule has 4 heteroatoms. The van der Waals surface area contributed by atoms with E-state index in [1.807, 2.05) is 0 Å². The molecule has 1 unspecified atom stereocenters. The summed E-state index contributed by atoms with van der Waals surface area (Å²) in [6.45, 7) is 5.20. The molecular weight excluding hydrogens is 665 g/mol. The maximum atomic E-state index is 12.2. The van der Waals surface area contributed by atoms with E-state index in [-0.39, 0.29) is 19.2 Å². The first-order valence-corrected chi connectivity index (χ1v) is 23.4. The fourth-order valence-electron chi connectivity index (χ4n) is 6.66. The Kier molecular flexibility index (Phi) is 45.6. The van der Waals surface area contributed by atoms with Crippen LogP contribution >= 0.6 is 0 Å². The van der Waals surface area contributed by atoms with Crippen LogP contribution in [0.3, 0.4) is 0 Å². The summed E-state index contributed by atoms with van der Waals surface area (Å²) in [6, 6.07) is 0. The largest absolute Gasteiger partial charge is 0.457 e. The van der Waals surface area contributed by atoms with Gasteiger partial charge >= 0.3 is 5.97 Å². The zero-order valence-corrected chi connectivity index (χ0v) is 36.0. The lowest BCUT2D eigenvalue weighted by molar-refractivity contribution is -0.154. The van der Waals surface area contributed by atoms with Gasteiger partial charge in [-0.3, -0.25) is 4.79 Å². The molecule has 0 rings (SSSR count). The van der Waals surface area contributed by atoms with Crippen LogP contribution in [-0.2, 0) is 14.3 Å². The van der Waals surface area contributed by atoms with Crippen LogP contribution in [0.15, 0.2) is 60.8 Å². The standard InChI is InChI=1S/C50H90O4/c1-3-5-7-9-11-13-15-17-19-21-22-23-24-25-26-27-28-30-32-34-36-38-40-42-44-46-53-48-49(47-51)54-50(52)45-43-41-39-37-35-33-31-29-20-18-16-14-12-10-8-6-4-2/h6,8,12,14,18,20,31,33,37,39,49,51H,3-5,7,9-11,13,15-17,19,21-30,32,34-36,38,40-48H2,1-2H3/b8-6-,14-12-,20-18-,33-31-,39-37-. The first-order valence-electron chi connectivity index (χ1n) is 23.4. The highest BCUT2D eigenvalue weighted by atomic mass is 16.6. The van der Waals surface area contributed by atoms with Gasteiger partial charge in [0, 0.05) is 13.0 Å². The Morgan fingerprint density at radius 3 is 1.19 bits per heavy atom. The molecule has 54 heavy (non-hydrogen) atoms. The van der Waals surface area contributed by atoms with Crippen LogP contribution in [0.1, 0.15) is 226 Å². The number of aliphatic hydroxyl groups excluding tert-OH is 1. The van der Waals surface area contributed by atoms with Crippen molar-refractivity contribution in [2.45, 2.75) is 232 Å². The highest BCUT2D eigenvalue weighted by Crippen LogP contribution is 2.16. The minimum atomic E-state index is -0.564. The van der Waals surface area contributed by atoms with Gasteiger partial charge in [-0.15, -0.1) is 0 Å². The summed E-state index contributed by atoms with van der Waals surface area (Å²) in [5.74, 6) is -0.255. The van der Waals surface area contributed by atoms with Crippen molar-refractivity contribution in [3.05, 3.63) is 60.8 Å². The summed E-state index contributed by atoms with van der Waals surface area (Å²) in [5, 5.41) is 9.61. The van der Waals surface area contributed by atoms with Gasteiger partial charge in [0.2, 0.25) is 0 Å². The monoisotopic (exact) mass is 755 g/mol. The van der Waals surface area contributed by atoms with E-state index in [0.717, 1.165) is 51.4 Å². The van der Waals surface area contributed by atoms with Crippen molar-refractivity contribution >= 4 is 5.97 Å². The predicted molar refractivity (Wildman–Crippen MR) is 237 cm³/mol. The van der Waals surface area contributed by atoms with Gasteiger partial charge in [0.05, 0.1) is 13.2 Å². The number of esters is 1. The summed E-state index contributed by atoms with van der Waals surface area (Å²) < 4.78 is 11.1. The molecule has 0 spiro atoms. The molecule has 0 amide bonds. The summed E-state index contributed by atoms with van der Waals surface area (Å²) in [5.41, 5.74) is 0. The van der Waals surface area contributed by atoms with Crippen LogP contribution < -0.4 is 0 Å². The molecule has 0 saturated carbocycles. The number of ether oxygens (including phenoxy) is 2. The molecular formula is C50H90O4. The third-order valence-electron chi connectivity index (χ3n) is 10.1. The molecule has 314 valence electrons. The SMILES string of the molecule is CC/C=C\C/C=C\C/C=C\C/C=C\C/C=C\CCCC(=O)OC(CO)COCCCCCCCCCCCCCCCCCCCCCCCCCCC. The van der Waals surface area contributed by atoms with Crippen LogP contribution in [0.25, 0.3) is 0 Å². The minimum absolute atomic E-state index is 0.194. The number of carbonyl (C=O) groups excluding carboxylic acids is 1. The molecule has 0 aromatic heterocycles. The maximum absolute atomic E-state index is 12.2. The van der Waals surface area contributed by atoms with Crippen LogP contribution in [0.4, 0.5) is 0 Å². The molecule has 0 radical (unpaired) electrons. The van der Waals surface area contributed by atoms with Crippen molar-refractivity contribution in [2.75, 3.05) is 19.8 Å². The van der Waals surface area contributed by atoms with Gasteiger partial charge in [-0.1, -0.05) is 229 Å². The second kappa shape index (κ2) is 47.2. The molecule has 0 aliphatic heterocycles. The van der Waals surface area contributed by atoms with E-state index in [2.05, 4.69) is 74.6 Å². The van der Waals surface area contributed by atoms with Crippen LogP contribution in [0.5, 0.6) is 0 Å². The molecule has 0 heterocycles. The second-order valence-electron chi connectivity index (χ2n) is 15.5. The molecule has 0 bridgehead atoms. The molecule has 0 fully saturated rings. The smallest absolute Gasteiger partial charge is 0.306 e. The molecule has 1 atom stereocenters. The van der Waals surface area contributed by atoms with Gasteiger partial charge in [0.15, 0.2) is 0 Å². The lowest BCUT2D eigenvalue weighted by Crippen LogP contribution is -2.27. The van der Waals surface area contributed by atoms with Crippen molar-refractivity contribution in [2.24, 2.45) is 0 Å². The van der Waals surface area contributed by atoms with Gasteiger partial charge in [-0.2, -0.15) is 0 Å². The zero-order valence-electron chi connectivity index (χ0n) is 36.0. The van der Waals surface area contributed by atoms with Gasteiger partial charge in [-0.25, -0.2) is 0 Å². The Hall–Kier alpha value is -1.91. The molecule has 0 aromatic rings. The van der Waals surface area contributed by atoms with Gasteiger partial charge < -0.3 is 14.6 Å². The molecule has 0 aliphatic rings. The van der Waals surface area contributed by atoms with E-state index in [9.17, 15) is 9.90 Å². The number of carbonyl (C=O) groups is 1. The first-order chi connectivity index (χ1) is 26.7. The van der Waals surface area contributed by atoms with Gasteiger partial charge in [-0.05, 0) is 51.4 Å². The average molecular weight is 755 g/mol. The Morgan fingerprint density at radius 1 is 0.463 bits per heavy atom. The maximum Gasteiger partial charge on any atom is 0.306 e. The Labute approximate surface area is 336 Å². The molecule has 0 saturated heterocycles. The van der Waals surface area contributed by atoms with E-state index < -0.39 is 6.10 Å². The summed E-state index contributed by atoms with van der Waals surface area (Å²) in [7, 11) is 0. The molecule has 0 aromatic carbocycles. The van der Waals surface area contributed by atoms with E-state index >= 15 is 0 Å². The number of hydrogen-bond acceptors (Lipinski definition) is 4. The number of allylic oxidation sites excluding steroid dienone is 10. The number of hydrogen-bond donors (Lipinski definition) is 1. The topological polar surface area (TPSA) is 55.8 Å². The van der Waals surface area contributed by atoms with E-state index in [1.54, 1.807) is 0 Å². The van der Waals surface area contributed by atoms with Gasteiger partial charge in [0.1, 0.15) is 6.10 Å². The summed E-state index contributed by atoms with van der Waals surface area (Å²) >= 11 is 0. The molecule has 0 aliphatic carbocycles. The van der Waals surface area contributed by atoms with Crippen molar-refractivity contribution in [3.8, 4) is 0 Å². The average Bonchev–Trinajstić information content (AvgIpc) is 3.18. The Morgan fingerprint density at radius 2 is 0.815 bits per heavy atom. The van der Waals surface area contributed by atoms with Gasteiger partial charge in [0.25, 0.3) is 0 Å². The molecule has 4 nitrogen and oxygen atoms in total. The van der Waals surface area contributed by atoms with Crippen molar-refractivity contribution < 1.29 is 19.4 Å². The van der Waals surface area contributed by atoms with E-state index in [4.69, 9.17) is 9.47 Å². The number of unbranched alkanes of at least 4 members (excludes halogenated alkanes) is 25. The second-order valence-corrected chi connectivity index (χ2v) is 15.5. The van der Waals surface area contributed by atoms with E-state index in [1.165, 1.54) is 154 Å². The number of rotatable bonds is 43. The normalized spacial score (nSPS) is 12.9. The summed E-state index contributed by atoms with van der Waals surface area (Å²) in [6.07, 6.45) is 63.1.